The van der Waals surface area contributed by atoms with E-state index in [1.54, 1.807) is 27.8 Å². The fourth-order valence-electron chi connectivity index (χ4n) is 1.14. The van der Waals surface area contributed by atoms with Crippen molar-refractivity contribution in [1.29, 1.82) is 0 Å². The predicted molar refractivity (Wildman–Crippen MR) is 63.1 cm³/mol. The van der Waals surface area contributed by atoms with E-state index in [9.17, 15) is 8.42 Å². The number of anilines is 2. The highest BCUT2D eigenvalue weighted by molar-refractivity contribution is 7.90. The van der Waals surface area contributed by atoms with Crippen molar-refractivity contribution < 1.29 is 8.42 Å². The molecule has 0 saturated heterocycles. The summed E-state index contributed by atoms with van der Waals surface area (Å²) in [5.74, 6) is 0.247. The Bertz CT molecular complexity index is 452. The van der Waals surface area contributed by atoms with Gasteiger partial charge in [0.1, 0.15) is 0 Å². The molecule has 1 heterocycles. The van der Waals surface area contributed by atoms with Gasteiger partial charge < -0.3 is 5.73 Å². The van der Waals surface area contributed by atoms with E-state index in [0.29, 0.717) is 0 Å². The first-order valence-corrected chi connectivity index (χ1v) is 6.18. The molecule has 4 N–H and O–H groups in total. The van der Waals surface area contributed by atoms with Crippen molar-refractivity contribution in [2.45, 2.75) is 26.3 Å². The molecule has 0 unspecified atom stereocenters. The number of nitrogens with zero attached hydrogens (tertiary/aromatic N) is 2. The van der Waals surface area contributed by atoms with E-state index >= 15 is 0 Å². The molecule has 1 aromatic rings. The summed E-state index contributed by atoms with van der Waals surface area (Å²) in [4.78, 5) is 0. The van der Waals surface area contributed by atoms with Crippen LogP contribution < -0.4 is 15.2 Å². The summed E-state index contributed by atoms with van der Waals surface area (Å²) in [5.41, 5.74) is 5.30. The van der Waals surface area contributed by atoms with Gasteiger partial charge in [-0.1, -0.05) is 0 Å². The average Bonchev–Trinajstić information content (AvgIpc) is 2.30. The number of hydrogen-bond acceptors (Lipinski definition) is 4. The lowest BCUT2D eigenvalue weighted by Gasteiger charge is -2.20. The number of nitrogens with one attached hydrogen (secondary N) is 2. The number of aryl methyl sites for hydroxylation is 1. The largest absolute Gasteiger partial charge is 0.394 e. The summed E-state index contributed by atoms with van der Waals surface area (Å²) in [5, 5.41) is 3.83. The van der Waals surface area contributed by atoms with Crippen molar-refractivity contribution >= 4 is 21.7 Å². The van der Waals surface area contributed by atoms with E-state index in [1.165, 1.54) is 10.9 Å². The molecule has 0 amide bonds. The van der Waals surface area contributed by atoms with Crippen LogP contribution in [0.2, 0.25) is 0 Å². The van der Waals surface area contributed by atoms with Gasteiger partial charge in [0.25, 0.3) is 0 Å². The molecule has 0 atom stereocenters. The zero-order valence-corrected chi connectivity index (χ0v) is 10.6. The van der Waals surface area contributed by atoms with E-state index in [2.05, 4.69) is 14.5 Å². The SMILES string of the molecule is Cn1ncc(N)c1NS(=O)(=O)NC(C)(C)C. The van der Waals surface area contributed by atoms with Crippen molar-refractivity contribution in [3.63, 3.8) is 0 Å². The number of nitrogens with two attached hydrogens (primary N) is 1. The first-order valence-electron chi connectivity index (χ1n) is 4.70. The molecule has 16 heavy (non-hydrogen) atoms. The van der Waals surface area contributed by atoms with Crippen LogP contribution in [0.5, 0.6) is 0 Å². The summed E-state index contributed by atoms with van der Waals surface area (Å²) < 4.78 is 29.5. The van der Waals surface area contributed by atoms with Crippen molar-refractivity contribution in [1.82, 2.24) is 14.5 Å². The van der Waals surface area contributed by atoms with E-state index in [4.69, 9.17) is 5.73 Å². The van der Waals surface area contributed by atoms with Crippen molar-refractivity contribution in [2.75, 3.05) is 10.5 Å². The summed E-state index contributed by atoms with van der Waals surface area (Å²) >= 11 is 0. The second-order valence-electron chi connectivity index (χ2n) is 4.53. The Morgan fingerprint density at radius 2 is 2.00 bits per heavy atom. The molecule has 8 heteroatoms. The molecule has 0 aliphatic carbocycles. The topological polar surface area (TPSA) is 102 Å². The molecular formula is C8H17N5O2S. The van der Waals surface area contributed by atoms with Gasteiger partial charge in [-0.15, -0.1) is 0 Å². The van der Waals surface area contributed by atoms with Crippen LogP contribution in [0.4, 0.5) is 11.5 Å². The number of hydrogen-bond donors (Lipinski definition) is 3. The molecule has 0 bridgehead atoms. The highest BCUT2D eigenvalue weighted by Gasteiger charge is 2.21. The molecule has 0 radical (unpaired) electrons. The van der Waals surface area contributed by atoms with Gasteiger partial charge in [-0.05, 0) is 20.8 Å². The summed E-state index contributed by atoms with van der Waals surface area (Å²) in [6.45, 7) is 5.25. The smallest absolute Gasteiger partial charge is 0.300 e. The molecule has 7 nitrogen and oxygen atoms in total. The van der Waals surface area contributed by atoms with Crippen LogP contribution >= 0.6 is 0 Å². The van der Waals surface area contributed by atoms with Gasteiger partial charge in [0, 0.05) is 12.6 Å². The van der Waals surface area contributed by atoms with Crippen LogP contribution in [0.25, 0.3) is 0 Å². The Morgan fingerprint density at radius 1 is 1.44 bits per heavy atom. The Kier molecular flexibility index (Phi) is 3.15. The molecule has 0 fully saturated rings. The lowest BCUT2D eigenvalue weighted by Crippen LogP contribution is -2.43. The van der Waals surface area contributed by atoms with Crippen LogP contribution in [0.1, 0.15) is 20.8 Å². The third-order valence-electron chi connectivity index (χ3n) is 1.64. The van der Waals surface area contributed by atoms with Gasteiger partial charge in [-0.25, -0.2) is 0 Å². The van der Waals surface area contributed by atoms with E-state index in [0.717, 1.165) is 0 Å². The fourth-order valence-corrected chi connectivity index (χ4v) is 2.50. The Labute approximate surface area is 95.2 Å². The minimum absolute atomic E-state index is 0.247. The number of aromatic nitrogens is 2. The van der Waals surface area contributed by atoms with Crippen LogP contribution in [-0.2, 0) is 17.3 Å². The highest BCUT2D eigenvalue weighted by Crippen LogP contribution is 2.17. The Hall–Kier alpha value is -1.28. The van der Waals surface area contributed by atoms with Gasteiger partial charge in [0.15, 0.2) is 5.82 Å². The standard InChI is InChI=1S/C8H17N5O2S/c1-8(2,3)12-16(14,15)11-7-6(9)5-10-13(7)4/h5,11-12H,9H2,1-4H3. The normalized spacial score (nSPS) is 12.8. The Morgan fingerprint density at radius 3 is 2.38 bits per heavy atom. The van der Waals surface area contributed by atoms with Crippen molar-refractivity contribution in [3.05, 3.63) is 6.20 Å². The molecule has 0 aromatic carbocycles. The van der Waals surface area contributed by atoms with Crippen molar-refractivity contribution in [2.24, 2.45) is 7.05 Å². The van der Waals surface area contributed by atoms with Crippen LogP contribution in [0, 0.1) is 0 Å². The van der Waals surface area contributed by atoms with Gasteiger partial charge >= 0.3 is 10.2 Å². The number of nitrogen functional groups attached to an aromatic ring is 1. The molecule has 0 saturated carbocycles. The van der Waals surface area contributed by atoms with Gasteiger partial charge in [0.05, 0.1) is 11.9 Å². The monoisotopic (exact) mass is 247 g/mol. The molecule has 1 aromatic heterocycles. The number of rotatable bonds is 3. The third kappa shape index (κ3) is 3.38. The maximum absolute atomic E-state index is 11.7. The van der Waals surface area contributed by atoms with Gasteiger partial charge in [-0.3, -0.25) is 9.40 Å². The van der Waals surface area contributed by atoms with Crippen LogP contribution in [-0.4, -0.2) is 23.7 Å². The average molecular weight is 247 g/mol. The van der Waals surface area contributed by atoms with Crippen LogP contribution in [0.3, 0.4) is 0 Å². The van der Waals surface area contributed by atoms with Gasteiger partial charge in [-0.2, -0.15) is 18.2 Å². The van der Waals surface area contributed by atoms with E-state index in [1.807, 2.05) is 0 Å². The predicted octanol–water partition coefficient (Wildman–Crippen LogP) is 0.0471. The van der Waals surface area contributed by atoms with Gasteiger partial charge in [0.2, 0.25) is 0 Å². The highest BCUT2D eigenvalue weighted by atomic mass is 32.2. The fraction of sp³-hybridized carbons (Fsp3) is 0.625. The maximum atomic E-state index is 11.7. The van der Waals surface area contributed by atoms with E-state index in [-0.39, 0.29) is 11.5 Å². The minimum Gasteiger partial charge on any atom is -0.394 e. The summed E-state index contributed by atoms with van der Waals surface area (Å²) in [6.07, 6.45) is 1.38. The second kappa shape index (κ2) is 3.95. The maximum Gasteiger partial charge on any atom is 0.300 e. The summed E-state index contributed by atoms with van der Waals surface area (Å²) in [7, 11) is -2.05. The lowest BCUT2D eigenvalue weighted by atomic mass is 10.1. The molecule has 0 spiro atoms. The van der Waals surface area contributed by atoms with Crippen molar-refractivity contribution in [3.8, 4) is 0 Å². The third-order valence-corrected chi connectivity index (χ3v) is 2.98. The second-order valence-corrected chi connectivity index (χ2v) is 5.94. The first kappa shape index (κ1) is 12.8. The molecular weight excluding hydrogens is 230 g/mol. The zero-order valence-electron chi connectivity index (χ0n) is 9.77. The lowest BCUT2D eigenvalue weighted by molar-refractivity contribution is 0.494. The summed E-state index contributed by atoms with van der Waals surface area (Å²) in [6, 6.07) is 0. The quantitative estimate of drug-likeness (QED) is 0.702. The first-order chi connectivity index (χ1) is 7.11. The van der Waals surface area contributed by atoms with E-state index < -0.39 is 15.7 Å². The zero-order chi connectivity index (χ0) is 12.6. The molecule has 1 rings (SSSR count). The molecule has 0 aliphatic heterocycles. The minimum atomic E-state index is -3.65. The van der Waals surface area contributed by atoms with Crippen LogP contribution in [0.15, 0.2) is 6.20 Å². The Balaban J connectivity index is 2.90. The molecule has 0 aliphatic rings. The molecule has 92 valence electrons.